The SMILES string of the molecule is Cc1ccc(CN2CC(C)NCC23CCCC3)cc1C. The van der Waals surface area contributed by atoms with Gasteiger partial charge in [-0.3, -0.25) is 4.90 Å². The number of rotatable bonds is 2. The molecule has 0 amide bonds. The Balaban J connectivity index is 1.80. The predicted octanol–water partition coefficient (Wildman–Crippen LogP) is 3.41. The van der Waals surface area contributed by atoms with Crippen molar-refractivity contribution in [1.82, 2.24) is 10.2 Å². The van der Waals surface area contributed by atoms with Crippen molar-refractivity contribution in [3.05, 3.63) is 34.9 Å². The van der Waals surface area contributed by atoms with E-state index in [2.05, 4.69) is 49.2 Å². The maximum Gasteiger partial charge on any atom is 0.0338 e. The summed E-state index contributed by atoms with van der Waals surface area (Å²) < 4.78 is 0. The smallest absolute Gasteiger partial charge is 0.0338 e. The molecule has 20 heavy (non-hydrogen) atoms. The first-order valence-electron chi connectivity index (χ1n) is 8.14. The predicted molar refractivity (Wildman–Crippen MR) is 85.0 cm³/mol. The fourth-order valence-electron chi connectivity index (χ4n) is 3.95. The summed E-state index contributed by atoms with van der Waals surface area (Å²) in [6.45, 7) is 10.2. The van der Waals surface area contributed by atoms with Gasteiger partial charge in [0.1, 0.15) is 0 Å². The van der Waals surface area contributed by atoms with Crippen LogP contribution in [0.3, 0.4) is 0 Å². The molecule has 1 saturated carbocycles. The first kappa shape index (κ1) is 14.1. The highest BCUT2D eigenvalue weighted by Gasteiger charge is 2.42. The highest BCUT2D eigenvalue weighted by atomic mass is 15.3. The first-order chi connectivity index (χ1) is 9.59. The molecule has 2 heteroatoms. The van der Waals surface area contributed by atoms with Gasteiger partial charge in [0, 0.05) is 31.2 Å². The third kappa shape index (κ3) is 2.64. The zero-order valence-electron chi connectivity index (χ0n) is 13.2. The van der Waals surface area contributed by atoms with Gasteiger partial charge in [-0.05, 0) is 50.3 Å². The van der Waals surface area contributed by atoms with Crippen molar-refractivity contribution in [2.45, 2.75) is 64.6 Å². The summed E-state index contributed by atoms with van der Waals surface area (Å²) in [7, 11) is 0. The molecular weight excluding hydrogens is 244 g/mol. The Morgan fingerprint density at radius 1 is 1.20 bits per heavy atom. The molecule has 1 N–H and O–H groups in total. The molecule has 1 saturated heterocycles. The molecule has 1 aliphatic heterocycles. The summed E-state index contributed by atoms with van der Waals surface area (Å²) in [6, 6.07) is 7.59. The van der Waals surface area contributed by atoms with Crippen LogP contribution in [0.1, 0.15) is 49.3 Å². The molecule has 1 spiro atoms. The van der Waals surface area contributed by atoms with Gasteiger partial charge in [-0.1, -0.05) is 31.0 Å². The van der Waals surface area contributed by atoms with Crippen molar-refractivity contribution < 1.29 is 0 Å². The van der Waals surface area contributed by atoms with Crippen molar-refractivity contribution in [2.24, 2.45) is 0 Å². The molecule has 3 rings (SSSR count). The topological polar surface area (TPSA) is 15.3 Å². The fraction of sp³-hybridized carbons (Fsp3) is 0.667. The van der Waals surface area contributed by atoms with Crippen LogP contribution in [0.15, 0.2) is 18.2 Å². The maximum atomic E-state index is 3.71. The second-order valence-electron chi connectivity index (χ2n) is 7.01. The molecule has 2 fully saturated rings. The molecule has 1 unspecified atom stereocenters. The van der Waals surface area contributed by atoms with E-state index in [1.807, 2.05) is 0 Å². The average Bonchev–Trinajstić information content (AvgIpc) is 2.88. The van der Waals surface area contributed by atoms with E-state index in [1.165, 1.54) is 55.5 Å². The standard InChI is InChI=1S/C18H28N2/c1-14-6-7-17(10-15(14)2)12-20-11-16(3)19-13-18(20)8-4-5-9-18/h6-7,10,16,19H,4-5,8-9,11-13H2,1-3H3. The van der Waals surface area contributed by atoms with Crippen molar-refractivity contribution in [2.75, 3.05) is 13.1 Å². The number of nitrogens with zero attached hydrogens (tertiary/aromatic N) is 1. The largest absolute Gasteiger partial charge is 0.311 e. The van der Waals surface area contributed by atoms with Gasteiger partial charge in [-0.25, -0.2) is 0 Å². The molecule has 0 bridgehead atoms. The molecule has 1 aromatic rings. The zero-order valence-corrected chi connectivity index (χ0v) is 13.2. The van der Waals surface area contributed by atoms with Crippen LogP contribution in [0.25, 0.3) is 0 Å². The lowest BCUT2D eigenvalue weighted by atomic mass is 9.90. The Morgan fingerprint density at radius 2 is 1.95 bits per heavy atom. The van der Waals surface area contributed by atoms with E-state index in [1.54, 1.807) is 0 Å². The summed E-state index contributed by atoms with van der Waals surface area (Å²) in [5, 5.41) is 3.71. The molecule has 0 radical (unpaired) electrons. The van der Waals surface area contributed by atoms with Crippen LogP contribution in [-0.4, -0.2) is 29.6 Å². The van der Waals surface area contributed by atoms with Gasteiger partial charge in [0.25, 0.3) is 0 Å². The number of hydrogen-bond acceptors (Lipinski definition) is 2. The monoisotopic (exact) mass is 272 g/mol. The van der Waals surface area contributed by atoms with Crippen molar-refractivity contribution >= 4 is 0 Å². The van der Waals surface area contributed by atoms with Crippen molar-refractivity contribution in [3.8, 4) is 0 Å². The van der Waals surface area contributed by atoms with Crippen LogP contribution >= 0.6 is 0 Å². The number of piperazine rings is 1. The number of nitrogens with one attached hydrogen (secondary N) is 1. The second-order valence-corrected chi connectivity index (χ2v) is 7.01. The van der Waals surface area contributed by atoms with Crippen LogP contribution in [0.5, 0.6) is 0 Å². The van der Waals surface area contributed by atoms with Gasteiger partial charge in [0.15, 0.2) is 0 Å². The van der Waals surface area contributed by atoms with Crippen LogP contribution in [0, 0.1) is 13.8 Å². The quantitative estimate of drug-likeness (QED) is 0.887. The lowest BCUT2D eigenvalue weighted by molar-refractivity contribution is 0.0392. The van der Waals surface area contributed by atoms with E-state index in [0.717, 1.165) is 6.54 Å². The van der Waals surface area contributed by atoms with E-state index in [-0.39, 0.29) is 0 Å². The summed E-state index contributed by atoms with van der Waals surface area (Å²) in [6.07, 6.45) is 5.55. The Hall–Kier alpha value is -0.860. The van der Waals surface area contributed by atoms with Gasteiger partial charge < -0.3 is 5.32 Å². The van der Waals surface area contributed by atoms with E-state index < -0.39 is 0 Å². The lowest BCUT2D eigenvalue weighted by Crippen LogP contribution is -2.62. The van der Waals surface area contributed by atoms with Crippen LogP contribution in [-0.2, 0) is 6.54 Å². The number of hydrogen-bond donors (Lipinski definition) is 1. The average molecular weight is 272 g/mol. The minimum Gasteiger partial charge on any atom is -0.311 e. The highest BCUT2D eigenvalue weighted by Crippen LogP contribution is 2.37. The van der Waals surface area contributed by atoms with Crippen molar-refractivity contribution in [3.63, 3.8) is 0 Å². The van der Waals surface area contributed by atoms with Gasteiger partial charge in [0.2, 0.25) is 0 Å². The van der Waals surface area contributed by atoms with Gasteiger partial charge in [-0.15, -0.1) is 0 Å². The van der Waals surface area contributed by atoms with E-state index >= 15 is 0 Å². The number of aryl methyl sites for hydroxylation is 2. The first-order valence-corrected chi connectivity index (χ1v) is 8.14. The van der Waals surface area contributed by atoms with Gasteiger partial charge in [-0.2, -0.15) is 0 Å². The lowest BCUT2D eigenvalue weighted by Gasteiger charge is -2.48. The summed E-state index contributed by atoms with van der Waals surface area (Å²) >= 11 is 0. The molecule has 1 aliphatic carbocycles. The Labute approximate surface area is 123 Å². The minimum absolute atomic E-state index is 0.436. The van der Waals surface area contributed by atoms with E-state index in [4.69, 9.17) is 0 Å². The molecule has 0 aromatic heterocycles. The highest BCUT2D eigenvalue weighted by molar-refractivity contribution is 5.30. The normalized spacial score (nSPS) is 26.2. The Morgan fingerprint density at radius 3 is 2.65 bits per heavy atom. The fourth-order valence-corrected chi connectivity index (χ4v) is 3.95. The molecule has 1 atom stereocenters. The van der Waals surface area contributed by atoms with E-state index in [0.29, 0.717) is 11.6 Å². The Kier molecular flexibility index (Phi) is 3.87. The summed E-state index contributed by atoms with van der Waals surface area (Å²) in [5.41, 5.74) is 4.74. The van der Waals surface area contributed by atoms with E-state index in [9.17, 15) is 0 Å². The molecule has 110 valence electrons. The zero-order chi connectivity index (χ0) is 14.2. The molecule has 1 heterocycles. The summed E-state index contributed by atoms with van der Waals surface area (Å²) in [5.74, 6) is 0. The maximum absolute atomic E-state index is 3.71. The molecule has 1 aromatic carbocycles. The molecule has 2 nitrogen and oxygen atoms in total. The van der Waals surface area contributed by atoms with Crippen LogP contribution in [0.2, 0.25) is 0 Å². The van der Waals surface area contributed by atoms with Gasteiger partial charge >= 0.3 is 0 Å². The Bertz CT molecular complexity index is 474. The molecular formula is C18H28N2. The van der Waals surface area contributed by atoms with Crippen molar-refractivity contribution in [1.29, 1.82) is 0 Å². The third-order valence-electron chi connectivity index (χ3n) is 5.42. The number of benzene rings is 1. The minimum atomic E-state index is 0.436. The van der Waals surface area contributed by atoms with Crippen LogP contribution in [0.4, 0.5) is 0 Å². The third-order valence-corrected chi connectivity index (χ3v) is 5.42. The van der Waals surface area contributed by atoms with Gasteiger partial charge in [0.05, 0.1) is 0 Å². The van der Waals surface area contributed by atoms with Crippen LogP contribution < -0.4 is 5.32 Å². The summed E-state index contributed by atoms with van der Waals surface area (Å²) in [4.78, 5) is 2.77. The second kappa shape index (κ2) is 5.50. The molecule has 2 aliphatic rings.